The average Bonchev–Trinajstić information content (AvgIpc) is 2.97. The van der Waals surface area contributed by atoms with Crippen molar-refractivity contribution >= 4 is 0 Å². The van der Waals surface area contributed by atoms with Crippen LogP contribution in [-0.4, -0.2) is 38.8 Å². The van der Waals surface area contributed by atoms with E-state index in [1.165, 1.54) is 63.9 Å². The van der Waals surface area contributed by atoms with Gasteiger partial charge in [-0.2, -0.15) is 0 Å². The molecule has 0 atom stereocenters. The molecule has 0 amide bonds. The Morgan fingerprint density at radius 3 is 2.55 bits per heavy atom. The molecule has 0 unspecified atom stereocenters. The van der Waals surface area contributed by atoms with Crippen LogP contribution in [0.25, 0.3) is 0 Å². The first-order valence-electron chi connectivity index (χ1n) is 8.50. The van der Waals surface area contributed by atoms with Crippen LogP contribution in [-0.2, 0) is 6.54 Å². The highest BCUT2D eigenvalue weighted by Crippen LogP contribution is 2.31. The molecule has 1 aromatic heterocycles. The van der Waals surface area contributed by atoms with Gasteiger partial charge in [0.05, 0.1) is 0 Å². The Morgan fingerprint density at radius 2 is 1.85 bits per heavy atom. The van der Waals surface area contributed by atoms with E-state index in [2.05, 4.69) is 26.6 Å². The second kappa shape index (κ2) is 6.70. The number of aromatic nitrogens is 3. The van der Waals surface area contributed by atoms with Gasteiger partial charge < -0.3 is 9.47 Å². The lowest BCUT2D eigenvalue weighted by Crippen LogP contribution is -2.42. The predicted molar refractivity (Wildman–Crippen MR) is 80.7 cm³/mol. The highest BCUT2D eigenvalue weighted by Gasteiger charge is 2.28. The summed E-state index contributed by atoms with van der Waals surface area (Å²) in [6.45, 7) is 5.79. The van der Waals surface area contributed by atoms with Gasteiger partial charge >= 0.3 is 0 Å². The molecule has 0 N–H and O–H groups in total. The van der Waals surface area contributed by atoms with Crippen LogP contribution in [0.15, 0.2) is 6.33 Å². The zero-order valence-electron chi connectivity index (χ0n) is 12.8. The summed E-state index contributed by atoms with van der Waals surface area (Å²) in [5, 5.41) is 8.51. The summed E-state index contributed by atoms with van der Waals surface area (Å²) in [6, 6.07) is 0.873. The molecule has 4 nitrogen and oxygen atoms in total. The first-order valence-corrected chi connectivity index (χ1v) is 8.50. The van der Waals surface area contributed by atoms with Crippen molar-refractivity contribution < 1.29 is 0 Å². The van der Waals surface area contributed by atoms with Crippen LogP contribution in [0.1, 0.15) is 70.0 Å². The molecule has 0 radical (unpaired) electrons. The molecular formula is C16H28N4. The largest absolute Gasteiger partial charge is 0.317 e. The molecule has 0 spiro atoms. The molecule has 0 bridgehead atoms. The van der Waals surface area contributed by atoms with Crippen molar-refractivity contribution in [2.24, 2.45) is 0 Å². The Hall–Kier alpha value is -0.900. The molecule has 112 valence electrons. The van der Waals surface area contributed by atoms with Gasteiger partial charge in [0.25, 0.3) is 0 Å². The molecule has 1 saturated heterocycles. The van der Waals surface area contributed by atoms with E-state index < -0.39 is 0 Å². The topological polar surface area (TPSA) is 34.0 Å². The lowest BCUT2D eigenvalue weighted by molar-refractivity contribution is 0.120. The van der Waals surface area contributed by atoms with Crippen LogP contribution in [0.5, 0.6) is 0 Å². The van der Waals surface area contributed by atoms with E-state index in [0.717, 1.165) is 19.0 Å². The van der Waals surface area contributed by atoms with Gasteiger partial charge in [-0.25, -0.2) is 0 Å². The van der Waals surface area contributed by atoms with Crippen molar-refractivity contribution in [2.45, 2.75) is 76.8 Å². The van der Waals surface area contributed by atoms with Gasteiger partial charge in [-0.15, -0.1) is 10.2 Å². The molecule has 20 heavy (non-hydrogen) atoms. The fraction of sp³-hybridized carbons (Fsp3) is 0.875. The third-order valence-corrected chi connectivity index (χ3v) is 5.10. The van der Waals surface area contributed by atoms with E-state index in [1.54, 1.807) is 0 Å². The van der Waals surface area contributed by atoms with Gasteiger partial charge in [0, 0.05) is 18.5 Å². The predicted octanol–water partition coefficient (Wildman–Crippen LogP) is 3.20. The summed E-state index contributed by atoms with van der Waals surface area (Å²) in [4.78, 5) is 2.75. The number of nitrogens with zero attached hydrogens (tertiary/aromatic N) is 4. The maximum atomic E-state index is 4.39. The number of aryl methyl sites for hydroxylation is 1. The van der Waals surface area contributed by atoms with E-state index in [-0.39, 0.29) is 0 Å². The summed E-state index contributed by atoms with van der Waals surface area (Å²) in [5.41, 5.74) is 0. The number of piperidine rings is 1. The van der Waals surface area contributed by atoms with Crippen LogP contribution in [0.3, 0.4) is 0 Å². The fourth-order valence-electron chi connectivity index (χ4n) is 3.96. The summed E-state index contributed by atoms with van der Waals surface area (Å²) < 4.78 is 2.26. The number of hydrogen-bond acceptors (Lipinski definition) is 3. The zero-order chi connectivity index (χ0) is 13.8. The summed E-state index contributed by atoms with van der Waals surface area (Å²) in [7, 11) is 0. The minimum Gasteiger partial charge on any atom is -0.317 e. The molecule has 1 aromatic rings. The van der Waals surface area contributed by atoms with Crippen LogP contribution in [0.2, 0.25) is 0 Å². The Labute approximate surface area is 122 Å². The van der Waals surface area contributed by atoms with Crippen molar-refractivity contribution in [3.63, 3.8) is 0 Å². The van der Waals surface area contributed by atoms with E-state index in [1.807, 2.05) is 6.33 Å². The first kappa shape index (κ1) is 14.1. The lowest BCUT2D eigenvalue weighted by Gasteiger charge is -2.39. The maximum absolute atomic E-state index is 4.39. The normalized spacial score (nSPS) is 23.2. The van der Waals surface area contributed by atoms with Crippen LogP contribution in [0.4, 0.5) is 0 Å². The smallest absolute Gasteiger partial charge is 0.136 e. The number of hydrogen-bond donors (Lipinski definition) is 0. The second-order valence-electron chi connectivity index (χ2n) is 6.48. The van der Waals surface area contributed by atoms with Gasteiger partial charge in [-0.3, -0.25) is 0 Å². The van der Waals surface area contributed by atoms with Crippen molar-refractivity contribution in [1.82, 2.24) is 19.7 Å². The number of likely N-dealkylation sites (tertiary alicyclic amines) is 1. The van der Waals surface area contributed by atoms with Gasteiger partial charge in [0.2, 0.25) is 0 Å². The zero-order valence-corrected chi connectivity index (χ0v) is 12.8. The summed E-state index contributed by atoms with van der Waals surface area (Å²) in [6.07, 6.45) is 12.8. The van der Waals surface area contributed by atoms with Crippen LogP contribution < -0.4 is 0 Å². The van der Waals surface area contributed by atoms with Crippen molar-refractivity contribution in [3.05, 3.63) is 12.2 Å². The third-order valence-electron chi connectivity index (χ3n) is 5.10. The van der Waals surface area contributed by atoms with Crippen LogP contribution >= 0.6 is 0 Å². The molecule has 4 heteroatoms. The maximum Gasteiger partial charge on any atom is 0.136 e. The van der Waals surface area contributed by atoms with E-state index in [9.17, 15) is 0 Å². The van der Waals surface area contributed by atoms with E-state index in [4.69, 9.17) is 0 Å². The molecule has 1 aliphatic heterocycles. The first-order chi connectivity index (χ1) is 9.88. The molecule has 1 saturated carbocycles. The van der Waals surface area contributed by atoms with Gasteiger partial charge in [-0.05, 0) is 45.2 Å². The van der Waals surface area contributed by atoms with Gasteiger partial charge in [-0.1, -0.05) is 26.2 Å². The highest BCUT2D eigenvalue weighted by atomic mass is 15.3. The SMILES string of the molecule is CCCn1cnnc1C1CCN(C2CCCCC2)CC1. The standard InChI is InChI=1S/C16H28N4/c1-2-10-20-13-17-18-16(20)14-8-11-19(12-9-14)15-6-4-3-5-7-15/h13-15H,2-12H2,1H3. The Balaban J connectivity index is 1.56. The molecule has 0 aromatic carbocycles. The Kier molecular flexibility index (Phi) is 4.71. The van der Waals surface area contributed by atoms with Crippen molar-refractivity contribution in [3.8, 4) is 0 Å². The quantitative estimate of drug-likeness (QED) is 0.847. The monoisotopic (exact) mass is 276 g/mol. The highest BCUT2D eigenvalue weighted by molar-refractivity contribution is 4.99. The molecule has 2 fully saturated rings. The van der Waals surface area contributed by atoms with Gasteiger partial charge in [0.15, 0.2) is 0 Å². The number of rotatable bonds is 4. The van der Waals surface area contributed by atoms with Gasteiger partial charge in [0.1, 0.15) is 12.2 Å². The summed E-state index contributed by atoms with van der Waals surface area (Å²) >= 11 is 0. The molecule has 2 heterocycles. The lowest BCUT2D eigenvalue weighted by atomic mass is 9.90. The second-order valence-corrected chi connectivity index (χ2v) is 6.48. The molecular weight excluding hydrogens is 248 g/mol. The average molecular weight is 276 g/mol. The molecule has 1 aliphatic carbocycles. The Morgan fingerprint density at radius 1 is 1.10 bits per heavy atom. The third kappa shape index (κ3) is 3.05. The minimum atomic E-state index is 0.629. The molecule has 3 rings (SSSR count). The fourth-order valence-corrected chi connectivity index (χ4v) is 3.96. The minimum absolute atomic E-state index is 0.629. The van der Waals surface area contributed by atoms with E-state index in [0.29, 0.717) is 5.92 Å². The summed E-state index contributed by atoms with van der Waals surface area (Å²) in [5.74, 6) is 1.86. The van der Waals surface area contributed by atoms with E-state index >= 15 is 0 Å². The van der Waals surface area contributed by atoms with Crippen molar-refractivity contribution in [1.29, 1.82) is 0 Å². The van der Waals surface area contributed by atoms with Crippen LogP contribution in [0, 0.1) is 0 Å². The van der Waals surface area contributed by atoms with Crippen molar-refractivity contribution in [2.75, 3.05) is 13.1 Å². The molecule has 2 aliphatic rings. The Bertz CT molecular complexity index is 400.